The van der Waals surface area contributed by atoms with E-state index in [1.54, 1.807) is 0 Å². The molecule has 0 aromatic carbocycles. The van der Waals surface area contributed by atoms with Crippen LogP contribution in [0, 0.1) is 11.8 Å². The Balaban J connectivity index is 2.43. The minimum Gasteiger partial charge on any atom is -0.366 e. The van der Waals surface area contributed by atoms with Gasteiger partial charge in [0.1, 0.15) is 0 Å². The van der Waals surface area contributed by atoms with Gasteiger partial charge in [0, 0.05) is 13.1 Å². The molecular weight excluding hydrogens is 180 g/mol. The summed E-state index contributed by atoms with van der Waals surface area (Å²) in [5, 5.41) is 7.12. The van der Waals surface area contributed by atoms with Crippen molar-refractivity contribution in [3.8, 4) is 0 Å². The van der Waals surface area contributed by atoms with Crippen molar-refractivity contribution in [2.24, 2.45) is 11.8 Å². The van der Waals surface area contributed by atoms with Crippen LogP contribution in [0.3, 0.4) is 0 Å². The van der Waals surface area contributed by atoms with Crippen molar-refractivity contribution in [3.05, 3.63) is 0 Å². The van der Waals surface area contributed by atoms with Crippen LogP contribution in [-0.4, -0.2) is 18.2 Å². The van der Waals surface area contributed by atoms with Crippen LogP contribution in [0.5, 0.6) is 0 Å². The molecular formula is C10H20N2S. The van der Waals surface area contributed by atoms with E-state index in [1.807, 2.05) is 7.05 Å². The Morgan fingerprint density at radius 3 is 2.62 bits per heavy atom. The lowest BCUT2D eigenvalue weighted by atomic mass is 9.78. The molecule has 0 unspecified atom stereocenters. The van der Waals surface area contributed by atoms with E-state index in [-0.39, 0.29) is 0 Å². The number of thiocarbonyl (C=S) groups is 1. The molecule has 1 aliphatic rings. The van der Waals surface area contributed by atoms with Gasteiger partial charge in [-0.05, 0) is 30.5 Å². The maximum Gasteiger partial charge on any atom is 0.166 e. The third-order valence-corrected chi connectivity index (χ3v) is 3.57. The van der Waals surface area contributed by atoms with Gasteiger partial charge in [-0.15, -0.1) is 0 Å². The highest BCUT2D eigenvalue weighted by Crippen LogP contribution is 2.29. The Bertz CT molecular complexity index is 182. The Hall–Kier alpha value is -0.310. The highest BCUT2D eigenvalue weighted by molar-refractivity contribution is 7.80. The summed E-state index contributed by atoms with van der Waals surface area (Å²) < 4.78 is 0. The second-order valence-corrected chi connectivity index (χ2v) is 4.51. The fourth-order valence-electron chi connectivity index (χ4n) is 2.03. The highest BCUT2D eigenvalue weighted by atomic mass is 32.1. The van der Waals surface area contributed by atoms with Gasteiger partial charge in [0.25, 0.3) is 0 Å². The zero-order valence-corrected chi connectivity index (χ0v) is 9.58. The van der Waals surface area contributed by atoms with E-state index in [9.17, 15) is 0 Å². The molecule has 1 saturated carbocycles. The minimum absolute atomic E-state index is 0.573. The van der Waals surface area contributed by atoms with Crippen LogP contribution >= 0.6 is 12.2 Å². The third-order valence-electron chi connectivity index (χ3n) is 3.25. The maximum absolute atomic E-state index is 5.11. The number of nitrogens with one attached hydrogen (secondary N) is 2. The first-order chi connectivity index (χ1) is 6.15. The number of hydrogen-bond acceptors (Lipinski definition) is 1. The van der Waals surface area contributed by atoms with Crippen LogP contribution in [0.4, 0.5) is 0 Å². The van der Waals surface area contributed by atoms with Crippen molar-refractivity contribution in [1.82, 2.24) is 10.6 Å². The first-order valence-electron chi connectivity index (χ1n) is 5.13. The predicted molar refractivity (Wildman–Crippen MR) is 60.8 cm³/mol. The molecule has 0 amide bonds. The highest BCUT2D eigenvalue weighted by Gasteiger charge is 2.26. The Kier molecular flexibility index (Phi) is 3.97. The number of rotatable bonds is 1. The molecule has 0 aromatic heterocycles. The van der Waals surface area contributed by atoms with Gasteiger partial charge < -0.3 is 10.6 Å². The van der Waals surface area contributed by atoms with Gasteiger partial charge in [-0.2, -0.15) is 0 Å². The predicted octanol–water partition coefficient (Wildman–Crippen LogP) is 1.90. The van der Waals surface area contributed by atoms with Gasteiger partial charge in [0.2, 0.25) is 0 Å². The molecule has 1 aliphatic carbocycles. The van der Waals surface area contributed by atoms with Crippen LogP contribution in [0.25, 0.3) is 0 Å². The lowest BCUT2D eigenvalue weighted by Gasteiger charge is -2.35. The van der Waals surface area contributed by atoms with Crippen molar-refractivity contribution in [2.45, 2.75) is 39.2 Å². The molecule has 0 aromatic rings. The average Bonchev–Trinajstić information content (AvgIpc) is 2.13. The summed E-state index contributed by atoms with van der Waals surface area (Å²) in [7, 11) is 1.87. The minimum atomic E-state index is 0.573. The second kappa shape index (κ2) is 4.80. The molecule has 13 heavy (non-hydrogen) atoms. The largest absolute Gasteiger partial charge is 0.366 e. The fourth-order valence-corrected chi connectivity index (χ4v) is 2.18. The standard InChI is InChI=1S/C10H20N2S/c1-7-5-4-6-9(8(7)2)12-10(13)11-3/h7-9H,4-6H2,1-3H3,(H2,11,12,13)/t7-,8-,9-/m1/s1. The van der Waals surface area contributed by atoms with Gasteiger partial charge in [-0.3, -0.25) is 0 Å². The van der Waals surface area contributed by atoms with Crippen molar-refractivity contribution in [3.63, 3.8) is 0 Å². The van der Waals surface area contributed by atoms with Crippen LogP contribution in [0.15, 0.2) is 0 Å². The van der Waals surface area contributed by atoms with Gasteiger partial charge in [0.15, 0.2) is 5.11 Å². The van der Waals surface area contributed by atoms with E-state index in [0.717, 1.165) is 16.9 Å². The summed E-state index contributed by atoms with van der Waals surface area (Å²) in [4.78, 5) is 0. The van der Waals surface area contributed by atoms with E-state index in [2.05, 4.69) is 24.5 Å². The molecule has 2 nitrogen and oxygen atoms in total. The monoisotopic (exact) mass is 200 g/mol. The zero-order chi connectivity index (χ0) is 9.84. The van der Waals surface area contributed by atoms with Crippen LogP contribution in [-0.2, 0) is 0 Å². The van der Waals surface area contributed by atoms with Crippen molar-refractivity contribution < 1.29 is 0 Å². The van der Waals surface area contributed by atoms with E-state index >= 15 is 0 Å². The summed E-state index contributed by atoms with van der Waals surface area (Å²) in [6.45, 7) is 4.65. The van der Waals surface area contributed by atoms with Crippen LogP contribution in [0.2, 0.25) is 0 Å². The molecule has 0 saturated heterocycles. The molecule has 0 radical (unpaired) electrons. The lowest BCUT2D eigenvalue weighted by Crippen LogP contribution is -2.46. The first-order valence-corrected chi connectivity index (χ1v) is 5.54. The molecule has 76 valence electrons. The van der Waals surface area contributed by atoms with Gasteiger partial charge >= 0.3 is 0 Å². The zero-order valence-electron chi connectivity index (χ0n) is 8.76. The Morgan fingerprint density at radius 2 is 2.00 bits per heavy atom. The Morgan fingerprint density at radius 1 is 1.31 bits per heavy atom. The van der Waals surface area contributed by atoms with Gasteiger partial charge in [0.05, 0.1) is 0 Å². The molecule has 0 aliphatic heterocycles. The summed E-state index contributed by atoms with van der Waals surface area (Å²) in [6, 6.07) is 0.573. The number of hydrogen-bond donors (Lipinski definition) is 2. The lowest BCUT2D eigenvalue weighted by molar-refractivity contribution is 0.224. The third kappa shape index (κ3) is 2.83. The summed E-state index contributed by atoms with van der Waals surface area (Å²) in [5.74, 6) is 1.56. The molecule has 1 fully saturated rings. The van der Waals surface area contributed by atoms with E-state index in [4.69, 9.17) is 12.2 Å². The van der Waals surface area contributed by atoms with Crippen LogP contribution in [0.1, 0.15) is 33.1 Å². The topological polar surface area (TPSA) is 24.1 Å². The maximum atomic E-state index is 5.11. The molecule has 0 spiro atoms. The van der Waals surface area contributed by atoms with Crippen LogP contribution < -0.4 is 10.6 Å². The Labute approximate surface area is 86.5 Å². The molecule has 0 bridgehead atoms. The van der Waals surface area contributed by atoms with Crippen molar-refractivity contribution in [2.75, 3.05) is 7.05 Å². The van der Waals surface area contributed by atoms with Gasteiger partial charge in [-0.1, -0.05) is 26.7 Å². The van der Waals surface area contributed by atoms with Crippen molar-refractivity contribution in [1.29, 1.82) is 0 Å². The second-order valence-electron chi connectivity index (χ2n) is 4.10. The smallest absolute Gasteiger partial charge is 0.166 e. The normalized spacial score (nSPS) is 33.9. The molecule has 3 atom stereocenters. The van der Waals surface area contributed by atoms with E-state index in [1.165, 1.54) is 19.3 Å². The quantitative estimate of drug-likeness (QED) is 0.632. The summed E-state index contributed by atoms with van der Waals surface area (Å²) >= 11 is 5.11. The molecule has 0 heterocycles. The molecule has 1 rings (SSSR count). The molecule has 2 N–H and O–H groups in total. The summed E-state index contributed by atoms with van der Waals surface area (Å²) in [6.07, 6.45) is 3.95. The van der Waals surface area contributed by atoms with Crippen molar-refractivity contribution >= 4 is 17.3 Å². The first kappa shape index (κ1) is 10.8. The SMILES string of the molecule is CNC(=S)N[C@@H]1CCC[C@@H](C)[C@H]1C. The van der Waals surface area contributed by atoms with E-state index in [0.29, 0.717) is 6.04 Å². The van der Waals surface area contributed by atoms with E-state index < -0.39 is 0 Å². The van der Waals surface area contributed by atoms with Gasteiger partial charge in [-0.25, -0.2) is 0 Å². The summed E-state index contributed by atoms with van der Waals surface area (Å²) in [5.41, 5.74) is 0. The fraction of sp³-hybridized carbons (Fsp3) is 0.900. The average molecular weight is 200 g/mol. The molecule has 3 heteroatoms.